The van der Waals surface area contributed by atoms with E-state index in [0.717, 1.165) is 10.7 Å². The van der Waals surface area contributed by atoms with Crippen LogP contribution in [0.25, 0.3) is 0 Å². The van der Waals surface area contributed by atoms with E-state index in [0.29, 0.717) is 10.0 Å². The Kier molecular flexibility index (Phi) is 5.40. The van der Waals surface area contributed by atoms with E-state index < -0.39 is 0 Å². The summed E-state index contributed by atoms with van der Waals surface area (Å²) in [6.07, 6.45) is 1.58. The molecule has 0 aliphatic heterocycles. The van der Waals surface area contributed by atoms with Gasteiger partial charge in [0.15, 0.2) is 0 Å². The van der Waals surface area contributed by atoms with Gasteiger partial charge in [-0.1, -0.05) is 29.3 Å². The second-order valence-corrected chi connectivity index (χ2v) is 5.94. The summed E-state index contributed by atoms with van der Waals surface area (Å²) in [6.45, 7) is 1.86. The number of hydrogen-bond donors (Lipinski definition) is 1. The zero-order chi connectivity index (χ0) is 14.5. The summed E-state index contributed by atoms with van der Waals surface area (Å²) < 4.78 is 5.23. The zero-order valence-electron chi connectivity index (χ0n) is 10.7. The van der Waals surface area contributed by atoms with Gasteiger partial charge in [0.2, 0.25) is 5.91 Å². The summed E-state index contributed by atoms with van der Waals surface area (Å²) in [5.74, 6) is 0.864. The van der Waals surface area contributed by atoms with Crippen LogP contribution in [0.1, 0.15) is 18.7 Å². The molecule has 0 bridgehead atoms. The smallest absolute Gasteiger partial charge is 0.230 e. The highest BCUT2D eigenvalue weighted by Crippen LogP contribution is 2.33. The number of rotatable bonds is 5. The molecular formula is C14H13Cl2NO2S. The van der Waals surface area contributed by atoms with E-state index >= 15 is 0 Å². The summed E-state index contributed by atoms with van der Waals surface area (Å²) in [4.78, 5) is 12.6. The minimum absolute atomic E-state index is 0.102. The highest BCUT2D eigenvalue weighted by molar-refractivity contribution is 8.00. The van der Waals surface area contributed by atoms with Crippen molar-refractivity contribution in [2.45, 2.75) is 17.9 Å². The molecule has 1 aromatic carbocycles. The molecular weight excluding hydrogens is 317 g/mol. The quantitative estimate of drug-likeness (QED) is 0.818. The van der Waals surface area contributed by atoms with Crippen molar-refractivity contribution < 1.29 is 9.21 Å². The van der Waals surface area contributed by atoms with Crippen LogP contribution < -0.4 is 5.32 Å². The van der Waals surface area contributed by atoms with Crippen LogP contribution >= 0.6 is 35.0 Å². The molecule has 0 spiro atoms. The molecule has 0 fully saturated rings. The Morgan fingerprint density at radius 3 is 2.60 bits per heavy atom. The fourth-order valence-corrected chi connectivity index (χ4v) is 3.15. The summed E-state index contributed by atoms with van der Waals surface area (Å²) in [7, 11) is 0. The fraction of sp³-hybridized carbons (Fsp3) is 0.214. The van der Waals surface area contributed by atoms with Gasteiger partial charge in [-0.25, -0.2) is 0 Å². The van der Waals surface area contributed by atoms with Crippen molar-refractivity contribution in [3.8, 4) is 0 Å². The van der Waals surface area contributed by atoms with Crippen LogP contribution in [0, 0.1) is 0 Å². The third kappa shape index (κ3) is 3.95. The van der Waals surface area contributed by atoms with Gasteiger partial charge in [-0.3, -0.25) is 4.79 Å². The Hall–Kier alpha value is -1.10. The normalized spacial score (nSPS) is 12.2. The monoisotopic (exact) mass is 329 g/mol. The van der Waals surface area contributed by atoms with Crippen LogP contribution in [-0.4, -0.2) is 11.7 Å². The SMILES string of the molecule is C[C@H](NC(=O)CSc1c(Cl)cccc1Cl)c1ccco1. The Bertz CT molecular complexity index is 567. The van der Waals surface area contributed by atoms with E-state index in [-0.39, 0.29) is 17.7 Å². The second-order valence-electron chi connectivity index (χ2n) is 4.14. The van der Waals surface area contributed by atoms with Gasteiger partial charge in [0.05, 0.1) is 28.1 Å². The van der Waals surface area contributed by atoms with E-state index in [1.165, 1.54) is 11.8 Å². The molecule has 0 saturated heterocycles. The van der Waals surface area contributed by atoms with Crippen molar-refractivity contribution in [3.63, 3.8) is 0 Å². The molecule has 106 valence electrons. The standard InChI is InChI=1S/C14H13Cl2NO2S/c1-9(12-6-3-7-19-12)17-13(18)8-20-14-10(15)4-2-5-11(14)16/h2-7,9H,8H2,1H3,(H,17,18)/t9-/m0/s1. The Labute approximate surface area is 131 Å². The Balaban J connectivity index is 1.89. The minimum Gasteiger partial charge on any atom is -0.467 e. The van der Waals surface area contributed by atoms with Crippen molar-refractivity contribution >= 4 is 40.9 Å². The van der Waals surface area contributed by atoms with Gasteiger partial charge in [-0.2, -0.15) is 0 Å². The van der Waals surface area contributed by atoms with E-state index in [4.69, 9.17) is 27.6 Å². The maximum atomic E-state index is 11.9. The van der Waals surface area contributed by atoms with Crippen LogP contribution in [0.3, 0.4) is 0 Å². The number of carbonyl (C=O) groups excluding carboxylic acids is 1. The molecule has 1 amide bonds. The predicted octanol–water partition coefficient (Wildman–Crippen LogP) is 4.56. The third-order valence-corrected chi connectivity index (χ3v) is 4.60. The fourth-order valence-electron chi connectivity index (χ4n) is 1.65. The molecule has 20 heavy (non-hydrogen) atoms. The molecule has 0 radical (unpaired) electrons. The number of nitrogens with one attached hydrogen (secondary N) is 1. The van der Waals surface area contributed by atoms with Crippen molar-refractivity contribution in [2.75, 3.05) is 5.75 Å². The lowest BCUT2D eigenvalue weighted by Gasteiger charge is -2.12. The maximum Gasteiger partial charge on any atom is 0.230 e. The van der Waals surface area contributed by atoms with Crippen LogP contribution in [0.5, 0.6) is 0 Å². The van der Waals surface area contributed by atoms with E-state index in [9.17, 15) is 4.79 Å². The predicted molar refractivity (Wildman–Crippen MR) is 82.5 cm³/mol. The molecule has 6 heteroatoms. The van der Waals surface area contributed by atoms with E-state index in [2.05, 4.69) is 5.32 Å². The average molecular weight is 330 g/mol. The number of furan rings is 1. The molecule has 1 atom stereocenters. The Morgan fingerprint density at radius 2 is 2.00 bits per heavy atom. The molecule has 0 aliphatic rings. The third-order valence-electron chi connectivity index (χ3n) is 2.61. The van der Waals surface area contributed by atoms with Crippen molar-refractivity contribution in [1.29, 1.82) is 0 Å². The van der Waals surface area contributed by atoms with Gasteiger partial charge < -0.3 is 9.73 Å². The van der Waals surface area contributed by atoms with E-state index in [1.807, 2.05) is 13.0 Å². The summed E-state index contributed by atoms with van der Waals surface area (Å²) >= 11 is 13.4. The van der Waals surface area contributed by atoms with Crippen molar-refractivity contribution in [3.05, 3.63) is 52.4 Å². The highest BCUT2D eigenvalue weighted by atomic mass is 35.5. The van der Waals surface area contributed by atoms with Gasteiger partial charge in [0, 0.05) is 4.90 Å². The molecule has 0 aliphatic carbocycles. The Morgan fingerprint density at radius 1 is 1.30 bits per heavy atom. The first-order valence-corrected chi connectivity index (χ1v) is 7.71. The average Bonchev–Trinajstić information content (AvgIpc) is 2.92. The number of hydrogen-bond acceptors (Lipinski definition) is 3. The van der Waals surface area contributed by atoms with Crippen LogP contribution in [-0.2, 0) is 4.79 Å². The van der Waals surface area contributed by atoms with Gasteiger partial charge >= 0.3 is 0 Å². The molecule has 1 heterocycles. The van der Waals surface area contributed by atoms with Gasteiger partial charge in [-0.05, 0) is 31.2 Å². The van der Waals surface area contributed by atoms with Crippen LogP contribution in [0.4, 0.5) is 0 Å². The van der Waals surface area contributed by atoms with Crippen molar-refractivity contribution in [2.24, 2.45) is 0 Å². The van der Waals surface area contributed by atoms with Gasteiger partial charge in [0.1, 0.15) is 5.76 Å². The maximum absolute atomic E-state index is 11.9. The molecule has 1 aromatic heterocycles. The first-order chi connectivity index (χ1) is 9.58. The lowest BCUT2D eigenvalue weighted by atomic mass is 10.2. The largest absolute Gasteiger partial charge is 0.467 e. The second kappa shape index (κ2) is 7.07. The van der Waals surface area contributed by atoms with Crippen molar-refractivity contribution in [1.82, 2.24) is 5.32 Å². The minimum atomic E-state index is -0.167. The molecule has 0 saturated carbocycles. The zero-order valence-corrected chi connectivity index (χ0v) is 13.1. The number of amides is 1. The van der Waals surface area contributed by atoms with Crippen LogP contribution in [0.15, 0.2) is 45.9 Å². The highest BCUT2D eigenvalue weighted by Gasteiger charge is 2.13. The number of benzene rings is 1. The van der Waals surface area contributed by atoms with Gasteiger partial charge in [-0.15, -0.1) is 11.8 Å². The lowest BCUT2D eigenvalue weighted by molar-refractivity contribution is -0.119. The summed E-state index contributed by atoms with van der Waals surface area (Å²) in [6, 6.07) is 8.71. The van der Waals surface area contributed by atoms with Gasteiger partial charge in [0.25, 0.3) is 0 Å². The first kappa shape index (κ1) is 15.3. The molecule has 0 unspecified atom stereocenters. The summed E-state index contributed by atoms with van der Waals surface area (Å²) in [5, 5.41) is 3.95. The summed E-state index contributed by atoms with van der Waals surface area (Å²) in [5.41, 5.74) is 0. The molecule has 1 N–H and O–H groups in total. The first-order valence-electron chi connectivity index (χ1n) is 5.97. The molecule has 2 aromatic rings. The lowest BCUT2D eigenvalue weighted by Crippen LogP contribution is -2.27. The van der Waals surface area contributed by atoms with E-state index in [1.54, 1.807) is 30.5 Å². The molecule has 2 rings (SSSR count). The molecule has 3 nitrogen and oxygen atoms in total. The number of halogens is 2. The topological polar surface area (TPSA) is 42.2 Å². The number of carbonyl (C=O) groups is 1. The van der Waals surface area contributed by atoms with Crippen LogP contribution in [0.2, 0.25) is 10.0 Å². The number of thioether (sulfide) groups is 1.